The average Bonchev–Trinajstić information content (AvgIpc) is 3.30. The van der Waals surface area contributed by atoms with Gasteiger partial charge in [-0.05, 0) is 79.2 Å². The highest BCUT2D eigenvalue weighted by Crippen LogP contribution is 2.30. The van der Waals surface area contributed by atoms with E-state index < -0.39 is 36.8 Å². The van der Waals surface area contributed by atoms with Crippen molar-refractivity contribution in [2.45, 2.75) is 26.3 Å². The zero-order valence-corrected chi connectivity index (χ0v) is 21.0. The summed E-state index contributed by atoms with van der Waals surface area (Å²) in [7, 11) is 0. The highest BCUT2D eigenvalue weighted by molar-refractivity contribution is 5.68. The van der Waals surface area contributed by atoms with Gasteiger partial charge in [0.25, 0.3) is 0 Å². The third-order valence-electron chi connectivity index (χ3n) is 5.33. The molecule has 0 fully saturated rings. The third-order valence-corrected chi connectivity index (χ3v) is 5.33. The molecular formula is C27H20F6N2O6. The summed E-state index contributed by atoms with van der Waals surface area (Å²) < 4.78 is 95.8. The molecule has 1 N–H and O–H groups in total. The van der Waals surface area contributed by atoms with Gasteiger partial charge in [0.15, 0.2) is 6.61 Å². The molecule has 0 aliphatic heterocycles. The Hall–Kier alpha value is -4.88. The van der Waals surface area contributed by atoms with Gasteiger partial charge in [0.1, 0.15) is 35.4 Å². The quantitative estimate of drug-likeness (QED) is 0.209. The Morgan fingerprint density at radius 1 is 0.829 bits per heavy atom. The standard InChI is InChI=1S/C27H20F6N2O6/c1-16-12-22(10-11-23(16)39-15-24(36)37)38-14-18-13-35(19-4-8-21(9-5-19)41-27(31,32)33)25(34-18)17-2-6-20(7-3-17)40-26(28,29)30/h2-13H,14-15H2,1H3,(H,36,37). The van der Waals surface area contributed by atoms with Gasteiger partial charge in [-0.25, -0.2) is 9.78 Å². The highest BCUT2D eigenvalue weighted by atomic mass is 19.4. The van der Waals surface area contributed by atoms with Gasteiger partial charge in [0.05, 0.1) is 5.69 Å². The molecule has 0 unspecified atom stereocenters. The van der Waals surface area contributed by atoms with Crippen LogP contribution in [0.25, 0.3) is 17.1 Å². The number of imidazole rings is 1. The van der Waals surface area contributed by atoms with Crippen molar-refractivity contribution in [3.05, 3.63) is 84.2 Å². The maximum Gasteiger partial charge on any atom is 0.573 e. The van der Waals surface area contributed by atoms with E-state index in [1.54, 1.807) is 31.3 Å². The normalized spacial score (nSPS) is 11.7. The number of halogens is 6. The fourth-order valence-electron chi connectivity index (χ4n) is 3.68. The molecule has 0 spiro atoms. The lowest BCUT2D eigenvalue weighted by molar-refractivity contribution is -0.275. The second-order valence-corrected chi connectivity index (χ2v) is 8.44. The van der Waals surface area contributed by atoms with Gasteiger partial charge in [0, 0.05) is 17.4 Å². The highest BCUT2D eigenvalue weighted by Gasteiger charge is 2.32. The van der Waals surface area contributed by atoms with Crippen LogP contribution < -0.4 is 18.9 Å². The van der Waals surface area contributed by atoms with Gasteiger partial charge in [-0.3, -0.25) is 4.57 Å². The largest absolute Gasteiger partial charge is 0.573 e. The van der Waals surface area contributed by atoms with Crippen molar-refractivity contribution in [2.24, 2.45) is 0 Å². The summed E-state index contributed by atoms with van der Waals surface area (Å²) in [6.45, 7) is 1.14. The minimum absolute atomic E-state index is 0.0562. The Labute approximate surface area is 228 Å². The lowest BCUT2D eigenvalue weighted by Crippen LogP contribution is -2.17. The summed E-state index contributed by atoms with van der Waals surface area (Å²) in [5.74, 6) is -0.957. The Morgan fingerprint density at radius 3 is 1.93 bits per heavy atom. The van der Waals surface area contributed by atoms with Crippen LogP contribution in [0.15, 0.2) is 72.9 Å². The lowest BCUT2D eigenvalue weighted by Gasteiger charge is -2.12. The van der Waals surface area contributed by atoms with Crippen LogP contribution in [0.3, 0.4) is 0 Å². The van der Waals surface area contributed by atoms with E-state index in [1.165, 1.54) is 28.8 Å². The molecule has 0 radical (unpaired) electrons. The Balaban J connectivity index is 1.60. The van der Waals surface area contributed by atoms with Crippen molar-refractivity contribution in [2.75, 3.05) is 6.61 Å². The summed E-state index contributed by atoms with van der Waals surface area (Å²) in [4.78, 5) is 15.2. The summed E-state index contributed by atoms with van der Waals surface area (Å²) in [5.41, 5.74) is 1.78. The molecular weight excluding hydrogens is 562 g/mol. The van der Waals surface area contributed by atoms with Crippen LogP contribution in [0.4, 0.5) is 26.3 Å². The predicted octanol–water partition coefficient (Wildman–Crippen LogP) is 6.69. The van der Waals surface area contributed by atoms with Crippen molar-refractivity contribution in [3.63, 3.8) is 0 Å². The molecule has 3 aromatic carbocycles. The molecule has 0 saturated heterocycles. The van der Waals surface area contributed by atoms with E-state index >= 15 is 0 Å². The molecule has 41 heavy (non-hydrogen) atoms. The van der Waals surface area contributed by atoms with Crippen molar-refractivity contribution >= 4 is 5.97 Å². The molecule has 0 saturated carbocycles. The molecule has 0 amide bonds. The van der Waals surface area contributed by atoms with Crippen molar-refractivity contribution in [3.8, 4) is 40.1 Å². The minimum Gasteiger partial charge on any atom is -0.487 e. The van der Waals surface area contributed by atoms with E-state index in [-0.39, 0.29) is 12.4 Å². The SMILES string of the molecule is Cc1cc(OCc2cn(-c3ccc(OC(F)(F)F)cc3)c(-c3ccc(OC(F)(F)F)cc3)n2)ccc1OCC(=O)O. The molecule has 0 aliphatic carbocycles. The summed E-state index contributed by atoms with van der Waals surface area (Å²) in [5, 5.41) is 8.78. The number of ether oxygens (including phenoxy) is 4. The molecule has 1 aromatic heterocycles. The number of carboxylic acids is 1. The fourth-order valence-corrected chi connectivity index (χ4v) is 3.68. The van der Waals surface area contributed by atoms with Crippen molar-refractivity contribution < 1.29 is 55.2 Å². The van der Waals surface area contributed by atoms with Gasteiger partial charge in [0.2, 0.25) is 0 Å². The zero-order valence-electron chi connectivity index (χ0n) is 21.0. The molecule has 0 aliphatic rings. The van der Waals surface area contributed by atoms with E-state index in [9.17, 15) is 31.1 Å². The second kappa shape index (κ2) is 11.7. The maximum atomic E-state index is 12.6. The Bertz CT molecular complexity index is 1420. The molecule has 1 heterocycles. The van der Waals surface area contributed by atoms with E-state index in [0.717, 1.165) is 24.3 Å². The monoisotopic (exact) mass is 582 g/mol. The Morgan fingerprint density at radius 2 is 1.39 bits per heavy atom. The first kappa shape index (κ1) is 29.1. The van der Waals surface area contributed by atoms with Crippen LogP contribution in [0.2, 0.25) is 0 Å². The fraction of sp³-hybridized carbons (Fsp3) is 0.185. The maximum absolute atomic E-state index is 12.6. The van der Waals surface area contributed by atoms with Gasteiger partial charge in [-0.15, -0.1) is 26.3 Å². The van der Waals surface area contributed by atoms with Gasteiger partial charge < -0.3 is 24.1 Å². The molecule has 4 rings (SSSR count). The number of aryl methyl sites for hydroxylation is 1. The van der Waals surface area contributed by atoms with Gasteiger partial charge >= 0.3 is 18.7 Å². The van der Waals surface area contributed by atoms with Crippen LogP contribution in [0.5, 0.6) is 23.0 Å². The van der Waals surface area contributed by atoms with Crippen LogP contribution in [-0.4, -0.2) is 40.0 Å². The van der Waals surface area contributed by atoms with E-state index in [2.05, 4.69) is 14.5 Å². The van der Waals surface area contributed by atoms with E-state index in [4.69, 9.17) is 14.6 Å². The third kappa shape index (κ3) is 8.30. The minimum atomic E-state index is -4.87. The second-order valence-electron chi connectivity index (χ2n) is 8.44. The van der Waals surface area contributed by atoms with E-state index in [1.807, 2.05) is 0 Å². The molecule has 0 bridgehead atoms. The lowest BCUT2D eigenvalue weighted by atomic mass is 10.2. The van der Waals surface area contributed by atoms with E-state index in [0.29, 0.717) is 34.0 Å². The molecule has 14 heteroatoms. The average molecular weight is 582 g/mol. The molecule has 8 nitrogen and oxygen atoms in total. The smallest absolute Gasteiger partial charge is 0.487 e. The number of carbonyl (C=O) groups is 1. The molecule has 216 valence electrons. The number of hydrogen-bond acceptors (Lipinski definition) is 6. The number of hydrogen-bond donors (Lipinski definition) is 1. The number of aromatic nitrogens is 2. The number of nitrogens with zero attached hydrogens (tertiary/aromatic N) is 2. The number of carboxylic acid groups (broad SMARTS) is 1. The summed E-state index contributed by atoms with van der Waals surface area (Å²) in [6.07, 6.45) is -8.18. The molecule has 0 atom stereocenters. The van der Waals surface area contributed by atoms with Crippen LogP contribution in [0.1, 0.15) is 11.3 Å². The zero-order chi connectivity index (χ0) is 29.8. The first-order valence-electron chi connectivity index (χ1n) is 11.6. The van der Waals surface area contributed by atoms with Crippen molar-refractivity contribution in [1.29, 1.82) is 0 Å². The summed E-state index contributed by atoms with van der Waals surface area (Å²) in [6, 6.07) is 14.6. The van der Waals surface area contributed by atoms with Crippen molar-refractivity contribution in [1.82, 2.24) is 9.55 Å². The molecule has 4 aromatic rings. The van der Waals surface area contributed by atoms with Crippen LogP contribution in [-0.2, 0) is 11.4 Å². The first-order valence-corrected chi connectivity index (χ1v) is 11.6. The summed E-state index contributed by atoms with van der Waals surface area (Å²) >= 11 is 0. The van der Waals surface area contributed by atoms with Crippen LogP contribution in [0, 0.1) is 6.92 Å². The first-order chi connectivity index (χ1) is 19.3. The number of rotatable bonds is 10. The van der Waals surface area contributed by atoms with Gasteiger partial charge in [-0.1, -0.05) is 0 Å². The predicted molar refractivity (Wildman–Crippen MR) is 131 cm³/mol. The van der Waals surface area contributed by atoms with Crippen LogP contribution >= 0.6 is 0 Å². The van der Waals surface area contributed by atoms with Gasteiger partial charge in [-0.2, -0.15) is 0 Å². The topological polar surface area (TPSA) is 92.0 Å². The Kier molecular flexibility index (Phi) is 8.31. The number of aliphatic carboxylic acids is 1. The number of benzene rings is 3. The number of alkyl halides is 6.